The number of imidazole rings is 1. The van der Waals surface area contributed by atoms with Gasteiger partial charge in [-0.15, -0.1) is 0 Å². The fourth-order valence-electron chi connectivity index (χ4n) is 3.93. The molecule has 0 saturated heterocycles. The van der Waals surface area contributed by atoms with Crippen LogP contribution in [0.1, 0.15) is 33.2 Å². The molecule has 0 atom stereocenters. The van der Waals surface area contributed by atoms with Gasteiger partial charge in [0.15, 0.2) is 0 Å². The molecule has 0 bridgehead atoms. The molecule has 3 aromatic carbocycles. The highest BCUT2D eigenvalue weighted by Gasteiger charge is 2.17. The van der Waals surface area contributed by atoms with Gasteiger partial charge >= 0.3 is 0 Å². The van der Waals surface area contributed by atoms with Crippen molar-refractivity contribution in [1.29, 1.82) is 0 Å². The minimum Gasteiger partial charge on any atom is -0.366 e. The topological polar surface area (TPSA) is 90.0 Å². The maximum absolute atomic E-state index is 12.1. The van der Waals surface area contributed by atoms with E-state index in [2.05, 4.69) is 16.8 Å². The van der Waals surface area contributed by atoms with E-state index in [0.717, 1.165) is 45.7 Å². The Balaban J connectivity index is 1.93. The molecule has 0 aliphatic heterocycles. The predicted molar refractivity (Wildman–Crippen MR) is 123 cm³/mol. The summed E-state index contributed by atoms with van der Waals surface area (Å²) in [5.41, 5.74) is 12.0. The zero-order valence-electron chi connectivity index (χ0n) is 17.8. The van der Waals surface area contributed by atoms with E-state index in [9.17, 15) is 9.59 Å². The Hall–Kier alpha value is -3.93. The molecule has 4 rings (SSSR count). The van der Waals surface area contributed by atoms with Crippen LogP contribution in [0.3, 0.4) is 0 Å². The van der Waals surface area contributed by atoms with E-state index in [1.165, 1.54) is 0 Å². The van der Waals surface area contributed by atoms with Crippen molar-refractivity contribution in [2.75, 3.05) is 7.05 Å². The van der Waals surface area contributed by atoms with Crippen LogP contribution in [-0.4, -0.2) is 28.4 Å². The summed E-state index contributed by atoms with van der Waals surface area (Å²) < 4.78 is 2.13. The molecule has 156 valence electrons. The number of hydrogen-bond acceptors (Lipinski definition) is 3. The van der Waals surface area contributed by atoms with Crippen LogP contribution in [0.2, 0.25) is 0 Å². The van der Waals surface area contributed by atoms with Crippen LogP contribution < -0.4 is 11.1 Å². The summed E-state index contributed by atoms with van der Waals surface area (Å²) in [6, 6.07) is 19.2. The molecule has 31 heavy (non-hydrogen) atoms. The van der Waals surface area contributed by atoms with Gasteiger partial charge in [0.05, 0.1) is 11.0 Å². The van der Waals surface area contributed by atoms with Crippen molar-refractivity contribution >= 4 is 22.8 Å². The third-order valence-corrected chi connectivity index (χ3v) is 5.54. The van der Waals surface area contributed by atoms with E-state index in [4.69, 9.17) is 10.7 Å². The molecule has 0 spiro atoms. The number of aromatic nitrogens is 2. The van der Waals surface area contributed by atoms with Crippen LogP contribution in [0, 0.1) is 6.92 Å². The minimum absolute atomic E-state index is 0.145. The summed E-state index contributed by atoms with van der Waals surface area (Å²) in [5, 5.41) is 2.65. The summed E-state index contributed by atoms with van der Waals surface area (Å²) in [6.07, 6.45) is 0. The number of nitrogens with two attached hydrogens (primary N) is 1. The lowest BCUT2D eigenvalue weighted by Gasteiger charge is -2.13. The summed E-state index contributed by atoms with van der Waals surface area (Å²) in [5.74, 6) is 0.219. The van der Waals surface area contributed by atoms with Crippen molar-refractivity contribution < 1.29 is 9.59 Å². The fraction of sp³-hybridized carbons (Fsp3) is 0.160. The summed E-state index contributed by atoms with van der Waals surface area (Å²) in [4.78, 5) is 28.8. The lowest BCUT2D eigenvalue weighted by Crippen LogP contribution is -2.17. The highest BCUT2D eigenvalue weighted by Crippen LogP contribution is 2.34. The Kier molecular flexibility index (Phi) is 5.29. The standard InChI is InChI=1S/C25H24N4O2/c1-4-29-22-12-11-17(25(31)27-3)14-21(22)28-24(29)19-8-6-5-7-18(19)16-10-9-15(2)20(13-16)23(26)30/h5-14H,4H2,1-3H3,(H2,26,30)(H,27,31). The quantitative estimate of drug-likeness (QED) is 0.516. The SMILES string of the molecule is CCn1c(-c2ccccc2-c2ccc(C)c(C(N)=O)c2)nc2cc(C(=O)NC)ccc21. The second-order valence-electron chi connectivity index (χ2n) is 7.40. The molecule has 1 aromatic heterocycles. The molecular formula is C25H24N4O2. The Labute approximate surface area is 180 Å². The number of hydrogen-bond donors (Lipinski definition) is 2. The molecule has 0 radical (unpaired) electrons. The molecule has 0 aliphatic carbocycles. The Bertz CT molecular complexity index is 1320. The molecule has 0 aliphatic rings. The average molecular weight is 412 g/mol. The fourth-order valence-corrected chi connectivity index (χ4v) is 3.93. The number of carbonyl (C=O) groups excluding carboxylic acids is 2. The van der Waals surface area contributed by atoms with Crippen molar-refractivity contribution in [3.05, 3.63) is 77.4 Å². The normalized spacial score (nSPS) is 10.9. The van der Waals surface area contributed by atoms with Gasteiger partial charge in [-0.05, 0) is 54.8 Å². The van der Waals surface area contributed by atoms with Gasteiger partial charge in [-0.2, -0.15) is 0 Å². The number of fused-ring (bicyclic) bond motifs is 1. The lowest BCUT2D eigenvalue weighted by molar-refractivity contribution is 0.0961. The van der Waals surface area contributed by atoms with E-state index in [1.54, 1.807) is 7.05 Å². The molecule has 1 heterocycles. The van der Waals surface area contributed by atoms with Gasteiger partial charge < -0.3 is 15.6 Å². The Morgan fingerprint density at radius 2 is 1.77 bits per heavy atom. The first-order valence-corrected chi connectivity index (χ1v) is 10.2. The van der Waals surface area contributed by atoms with Gasteiger partial charge in [0.25, 0.3) is 5.91 Å². The summed E-state index contributed by atoms with van der Waals surface area (Å²) in [7, 11) is 1.61. The van der Waals surface area contributed by atoms with Crippen molar-refractivity contribution in [3.63, 3.8) is 0 Å². The third-order valence-electron chi connectivity index (χ3n) is 5.54. The summed E-state index contributed by atoms with van der Waals surface area (Å²) in [6.45, 7) is 4.66. The highest BCUT2D eigenvalue weighted by molar-refractivity contribution is 5.98. The number of amides is 2. The van der Waals surface area contributed by atoms with Gasteiger partial charge in [0.2, 0.25) is 5.91 Å². The van der Waals surface area contributed by atoms with E-state index < -0.39 is 5.91 Å². The molecule has 0 unspecified atom stereocenters. The van der Waals surface area contributed by atoms with E-state index >= 15 is 0 Å². The number of nitrogens with zero attached hydrogens (tertiary/aromatic N) is 2. The first-order chi connectivity index (χ1) is 14.9. The maximum atomic E-state index is 12.1. The van der Waals surface area contributed by atoms with Crippen LogP contribution in [0.4, 0.5) is 0 Å². The highest BCUT2D eigenvalue weighted by atomic mass is 16.1. The lowest BCUT2D eigenvalue weighted by atomic mass is 9.95. The monoisotopic (exact) mass is 412 g/mol. The first-order valence-electron chi connectivity index (χ1n) is 10.2. The number of aryl methyl sites for hydroxylation is 2. The zero-order chi connectivity index (χ0) is 22.1. The molecule has 4 aromatic rings. The zero-order valence-corrected chi connectivity index (χ0v) is 17.8. The van der Waals surface area contributed by atoms with Gasteiger partial charge in [0, 0.05) is 30.3 Å². The molecule has 2 amide bonds. The number of benzene rings is 3. The van der Waals surface area contributed by atoms with E-state index in [0.29, 0.717) is 11.1 Å². The average Bonchev–Trinajstić information content (AvgIpc) is 3.16. The van der Waals surface area contributed by atoms with Gasteiger partial charge in [-0.25, -0.2) is 4.98 Å². The molecular weight excluding hydrogens is 388 g/mol. The smallest absolute Gasteiger partial charge is 0.251 e. The van der Waals surface area contributed by atoms with E-state index in [1.807, 2.05) is 67.6 Å². The Morgan fingerprint density at radius 3 is 2.45 bits per heavy atom. The van der Waals surface area contributed by atoms with Crippen molar-refractivity contribution in [2.24, 2.45) is 5.73 Å². The molecule has 3 N–H and O–H groups in total. The number of nitrogens with one attached hydrogen (secondary N) is 1. The minimum atomic E-state index is -0.445. The summed E-state index contributed by atoms with van der Waals surface area (Å²) >= 11 is 0. The first kappa shape index (κ1) is 20.3. The largest absolute Gasteiger partial charge is 0.366 e. The second-order valence-corrected chi connectivity index (χ2v) is 7.40. The van der Waals surface area contributed by atoms with Gasteiger partial charge in [0.1, 0.15) is 5.82 Å². The van der Waals surface area contributed by atoms with Gasteiger partial charge in [-0.1, -0.05) is 36.4 Å². The molecule has 0 fully saturated rings. The van der Waals surface area contributed by atoms with Crippen LogP contribution in [0.25, 0.3) is 33.5 Å². The molecule has 0 saturated carbocycles. The third kappa shape index (κ3) is 3.57. The number of carbonyl (C=O) groups is 2. The van der Waals surface area contributed by atoms with Crippen molar-refractivity contribution in [1.82, 2.24) is 14.9 Å². The molecule has 6 heteroatoms. The van der Waals surface area contributed by atoms with Crippen LogP contribution in [0.5, 0.6) is 0 Å². The van der Waals surface area contributed by atoms with Gasteiger partial charge in [-0.3, -0.25) is 9.59 Å². The predicted octanol–water partition coefficient (Wildman–Crippen LogP) is 4.16. The second kappa shape index (κ2) is 8.07. The van der Waals surface area contributed by atoms with Crippen molar-refractivity contribution in [3.8, 4) is 22.5 Å². The Morgan fingerprint density at radius 1 is 1.03 bits per heavy atom. The van der Waals surface area contributed by atoms with E-state index in [-0.39, 0.29) is 5.91 Å². The van der Waals surface area contributed by atoms with Crippen LogP contribution >= 0.6 is 0 Å². The van der Waals surface area contributed by atoms with Crippen molar-refractivity contribution in [2.45, 2.75) is 20.4 Å². The molecule has 6 nitrogen and oxygen atoms in total. The van der Waals surface area contributed by atoms with Crippen LogP contribution in [0.15, 0.2) is 60.7 Å². The van der Waals surface area contributed by atoms with Crippen LogP contribution in [-0.2, 0) is 6.54 Å². The number of primary amides is 1. The number of rotatable bonds is 5. The maximum Gasteiger partial charge on any atom is 0.251 e.